The molecule has 2 aromatic rings. The van der Waals surface area contributed by atoms with Gasteiger partial charge in [0.05, 0.1) is 18.4 Å². The van der Waals surface area contributed by atoms with Crippen LogP contribution in [0.25, 0.3) is 0 Å². The number of pyridine rings is 1. The molecule has 21 heavy (non-hydrogen) atoms. The van der Waals surface area contributed by atoms with E-state index in [4.69, 9.17) is 9.47 Å². The Labute approximate surface area is 126 Å². The first-order valence-corrected chi connectivity index (χ1v) is 7.26. The number of rotatable bonds is 7. The summed E-state index contributed by atoms with van der Waals surface area (Å²) in [4.78, 5) is 4.23. The van der Waals surface area contributed by atoms with Crippen LogP contribution in [0.1, 0.15) is 26.3 Å². The predicted molar refractivity (Wildman–Crippen MR) is 84.9 cm³/mol. The summed E-state index contributed by atoms with van der Waals surface area (Å²) in [7, 11) is 0. The molecule has 1 heterocycles. The lowest BCUT2D eigenvalue weighted by molar-refractivity contribution is 0.242. The van der Waals surface area contributed by atoms with Gasteiger partial charge in [0, 0.05) is 12.7 Å². The van der Waals surface area contributed by atoms with Crippen molar-refractivity contribution in [1.29, 1.82) is 0 Å². The molecule has 0 fully saturated rings. The van der Waals surface area contributed by atoms with E-state index in [0.29, 0.717) is 19.0 Å². The highest BCUT2D eigenvalue weighted by Crippen LogP contribution is 2.22. The molecular weight excluding hydrogens is 264 g/mol. The summed E-state index contributed by atoms with van der Waals surface area (Å²) < 4.78 is 11.2. The highest BCUT2D eigenvalue weighted by molar-refractivity contribution is 5.52. The first-order valence-electron chi connectivity index (χ1n) is 7.26. The average Bonchev–Trinajstić information content (AvgIpc) is 2.46. The van der Waals surface area contributed by atoms with Crippen LogP contribution in [0.15, 0.2) is 42.6 Å². The highest BCUT2D eigenvalue weighted by atomic mass is 16.5. The molecule has 0 aliphatic heterocycles. The molecule has 0 saturated carbocycles. The third-order valence-electron chi connectivity index (χ3n) is 2.81. The van der Waals surface area contributed by atoms with Crippen molar-refractivity contribution in [2.24, 2.45) is 0 Å². The van der Waals surface area contributed by atoms with E-state index in [1.807, 2.05) is 51.1 Å². The summed E-state index contributed by atoms with van der Waals surface area (Å²) in [5, 5.41) is 3.35. The van der Waals surface area contributed by atoms with Crippen LogP contribution >= 0.6 is 0 Å². The van der Waals surface area contributed by atoms with Crippen LogP contribution in [-0.4, -0.2) is 17.7 Å². The lowest BCUT2D eigenvalue weighted by Gasteiger charge is -2.13. The molecule has 1 aromatic heterocycles. The molecule has 0 aliphatic rings. The second-order valence-electron chi connectivity index (χ2n) is 4.96. The topological polar surface area (TPSA) is 43.4 Å². The molecule has 112 valence electrons. The van der Waals surface area contributed by atoms with Gasteiger partial charge in [0.2, 0.25) is 5.88 Å². The first-order chi connectivity index (χ1) is 10.2. The zero-order chi connectivity index (χ0) is 15.1. The summed E-state index contributed by atoms with van der Waals surface area (Å²) in [6.07, 6.45) is 1.91. The van der Waals surface area contributed by atoms with Gasteiger partial charge in [-0.3, -0.25) is 0 Å². The number of nitrogens with zero attached hydrogens (tertiary/aromatic N) is 1. The molecule has 4 nitrogen and oxygen atoms in total. The molecule has 2 rings (SSSR count). The van der Waals surface area contributed by atoms with Gasteiger partial charge in [-0.15, -0.1) is 0 Å². The predicted octanol–water partition coefficient (Wildman–Crippen LogP) is 3.88. The Morgan fingerprint density at radius 3 is 2.81 bits per heavy atom. The van der Waals surface area contributed by atoms with E-state index in [-0.39, 0.29) is 6.10 Å². The third kappa shape index (κ3) is 4.67. The van der Waals surface area contributed by atoms with Gasteiger partial charge in [-0.25, -0.2) is 4.98 Å². The number of nitrogens with one attached hydrogen (secondary N) is 1. The maximum Gasteiger partial charge on any atom is 0.237 e. The number of anilines is 1. The lowest BCUT2D eigenvalue weighted by Crippen LogP contribution is -2.07. The Balaban J connectivity index is 2.03. The fourth-order valence-electron chi connectivity index (χ4n) is 1.98. The van der Waals surface area contributed by atoms with E-state index in [9.17, 15) is 0 Å². The van der Waals surface area contributed by atoms with Gasteiger partial charge in [0.25, 0.3) is 0 Å². The summed E-state index contributed by atoms with van der Waals surface area (Å²) in [6.45, 7) is 7.29. The number of ether oxygens (including phenoxy) is 2. The van der Waals surface area contributed by atoms with Crippen LogP contribution in [0.4, 0.5) is 5.69 Å². The molecular formula is C17H22N2O2. The van der Waals surface area contributed by atoms with Crippen LogP contribution in [0.5, 0.6) is 11.6 Å². The molecule has 0 radical (unpaired) electrons. The van der Waals surface area contributed by atoms with Gasteiger partial charge in [0.15, 0.2) is 0 Å². The van der Waals surface area contributed by atoms with E-state index in [1.54, 1.807) is 6.20 Å². The smallest absolute Gasteiger partial charge is 0.237 e. The maximum absolute atomic E-state index is 5.70. The fraction of sp³-hybridized carbons (Fsp3) is 0.353. The van der Waals surface area contributed by atoms with Crippen molar-refractivity contribution in [3.05, 3.63) is 48.2 Å². The second-order valence-corrected chi connectivity index (χ2v) is 4.96. The summed E-state index contributed by atoms with van der Waals surface area (Å²) >= 11 is 0. The van der Waals surface area contributed by atoms with E-state index < -0.39 is 0 Å². The molecule has 0 spiro atoms. The van der Waals surface area contributed by atoms with Gasteiger partial charge in [-0.05, 0) is 50.6 Å². The molecule has 1 N–H and O–H groups in total. The Morgan fingerprint density at radius 1 is 1.19 bits per heavy atom. The molecule has 0 amide bonds. The van der Waals surface area contributed by atoms with Crippen LogP contribution in [0, 0.1) is 0 Å². The van der Waals surface area contributed by atoms with Gasteiger partial charge >= 0.3 is 0 Å². The lowest BCUT2D eigenvalue weighted by atomic mass is 10.2. The van der Waals surface area contributed by atoms with E-state index in [1.165, 1.54) is 0 Å². The number of benzene rings is 1. The Morgan fingerprint density at radius 2 is 2.05 bits per heavy atom. The Bertz CT molecular complexity index is 570. The van der Waals surface area contributed by atoms with Crippen molar-refractivity contribution in [2.75, 3.05) is 11.9 Å². The van der Waals surface area contributed by atoms with Gasteiger partial charge in [-0.2, -0.15) is 0 Å². The second kappa shape index (κ2) is 7.53. The van der Waals surface area contributed by atoms with Gasteiger partial charge < -0.3 is 14.8 Å². The summed E-state index contributed by atoms with van der Waals surface area (Å²) in [6, 6.07) is 11.9. The molecule has 0 aliphatic carbocycles. The monoisotopic (exact) mass is 286 g/mol. The Hall–Kier alpha value is -2.23. The Kier molecular flexibility index (Phi) is 5.43. The average molecular weight is 286 g/mol. The third-order valence-corrected chi connectivity index (χ3v) is 2.81. The number of hydrogen-bond donors (Lipinski definition) is 1. The zero-order valence-electron chi connectivity index (χ0n) is 12.8. The molecule has 0 saturated heterocycles. The van der Waals surface area contributed by atoms with Crippen molar-refractivity contribution in [1.82, 2.24) is 4.98 Å². The standard InChI is InChI=1S/C17H22N2O2/c1-4-20-17-16(9-6-10-18-17)19-12-14-7-5-8-15(11-14)21-13(2)3/h5-11,13,19H,4,12H2,1-3H3. The fourth-order valence-corrected chi connectivity index (χ4v) is 1.98. The minimum Gasteiger partial charge on any atom is -0.491 e. The number of hydrogen-bond acceptors (Lipinski definition) is 4. The maximum atomic E-state index is 5.70. The molecule has 1 aromatic carbocycles. The molecule has 0 unspecified atom stereocenters. The van der Waals surface area contributed by atoms with Crippen molar-refractivity contribution in [3.8, 4) is 11.6 Å². The highest BCUT2D eigenvalue weighted by Gasteiger charge is 2.04. The first kappa shape index (κ1) is 15.2. The minimum absolute atomic E-state index is 0.177. The van der Waals surface area contributed by atoms with Crippen molar-refractivity contribution in [3.63, 3.8) is 0 Å². The van der Waals surface area contributed by atoms with Crippen molar-refractivity contribution < 1.29 is 9.47 Å². The van der Waals surface area contributed by atoms with E-state index in [2.05, 4.69) is 16.4 Å². The van der Waals surface area contributed by atoms with Crippen molar-refractivity contribution in [2.45, 2.75) is 33.4 Å². The van der Waals surface area contributed by atoms with E-state index in [0.717, 1.165) is 17.0 Å². The molecule has 0 atom stereocenters. The normalized spacial score (nSPS) is 10.5. The van der Waals surface area contributed by atoms with Gasteiger partial charge in [-0.1, -0.05) is 12.1 Å². The van der Waals surface area contributed by atoms with Crippen molar-refractivity contribution >= 4 is 5.69 Å². The number of aromatic nitrogens is 1. The summed E-state index contributed by atoms with van der Waals surface area (Å²) in [5.74, 6) is 1.52. The zero-order valence-corrected chi connectivity index (χ0v) is 12.8. The van der Waals surface area contributed by atoms with Crippen LogP contribution in [0.2, 0.25) is 0 Å². The molecule has 0 bridgehead atoms. The quantitative estimate of drug-likeness (QED) is 0.839. The van der Waals surface area contributed by atoms with Crippen LogP contribution in [-0.2, 0) is 6.54 Å². The summed E-state index contributed by atoms with van der Waals surface area (Å²) in [5.41, 5.74) is 2.05. The van der Waals surface area contributed by atoms with Crippen LogP contribution < -0.4 is 14.8 Å². The van der Waals surface area contributed by atoms with E-state index >= 15 is 0 Å². The largest absolute Gasteiger partial charge is 0.491 e. The minimum atomic E-state index is 0.177. The SMILES string of the molecule is CCOc1ncccc1NCc1cccc(OC(C)C)c1. The molecule has 4 heteroatoms. The van der Waals surface area contributed by atoms with Crippen LogP contribution in [0.3, 0.4) is 0 Å². The van der Waals surface area contributed by atoms with Gasteiger partial charge in [0.1, 0.15) is 5.75 Å².